The van der Waals surface area contributed by atoms with E-state index in [4.69, 9.17) is 15.6 Å². The number of aryl methyl sites for hydroxylation is 1. The highest BCUT2D eigenvalue weighted by Gasteiger charge is 2.20. The number of nitrogens with one attached hydrogen (secondary N) is 1. The van der Waals surface area contributed by atoms with Crippen molar-refractivity contribution in [2.45, 2.75) is 45.3 Å². The fraction of sp³-hybridized carbons (Fsp3) is 0.667. The van der Waals surface area contributed by atoms with Crippen LogP contribution in [0.1, 0.15) is 38.8 Å². The van der Waals surface area contributed by atoms with Gasteiger partial charge in [-0.2, -0.15) is 0 Å². The first-order valence-electron chi connectivity index (χ1n) is 5.81. The second kappa shape index (κ2) is 6.10. The third kappa shape index (κ3) is 4.81. The van der Waals surface area contributed by atoms with Crippen molar-refractivity contribution in [3.63, 3.8) is 0 Å². The lowest BCUT2D eigenvalue weighted by molar-refractivity contribution is 0.445. The smallest absolute Gasteiger partial charge is 0.255 e. The van der Waals surface area contributed by atoms with Gasteiger partial charge in [-0.15, -0.1) is 0 Å². The van der Waals surface area contributed by atoms with Crippen LogP contribution < -0.4 is 5.73 Å². The summed E-state index contributed by atoms with van der Waals surface area (Å²) >= 11 is 1.64. The Morgan fingerprint density at radius 1 is 1.53 bits per heavy atom. The van der Waals surface area contributed by atoms with Gasteiger partial charge in [0.15, 0.2) is 0 Å². The fourth-order valence-corrected chi connectivity index (χ4v) is 2.21. The SMILES string of the molecule is Cc1coc(SCCCCC(C)(C)C(=N)N)n1. The average molecular weight is 255 g/mol. The molecule has 1 aromatic rings. The van der Waals surface area contributed by atoms with E-state index in [0.29, 0.717) is 0 Å². The van der Waals surface area contributed by atoms with Crippen LogP contribution in [0.4, 0.5) is 0 Å². The van der Waals surface area contributed by atoms with Gasteiger partial charge in [-0.1, -0.05) is 32.0 Å². The van der Waals surface area contributed by atoms with Crippen LogP contribution in [0.15, 0.2) is 15.9 Å². The van der Waals surface area contributed by atoms with Crippen LogP contribution in [0, 0.1) is 17.7 Å². The minimum Gasteiger partial charge on any atom is -0.440 e. The number of aromatic nitrogens is 1. The van der Waals surface area contributed by atoms with Crippen molar-refractivity contribution in [2.75, 3.05) is 5.75 Å². The number of hydrogen-bond acceptors (Lipinski definition) is 4. The third-order valence-electron chi connectivity index (χ3n) is 2.75. The van der Waals surface area contributed by atoms with Crippen LogP contribution in [0.5, 0.6) is 0 Å². The maximum atomic E-state index is 7.46. The molecule has 0 unspecified atom stereocenters. The quantitative estimate of drug-likeness (QED) is 0.339. The normalized spacial score (nSPS) is 11.7. The Bertz CT molecular complexity index is 374. The summed E-state index contributed by atoms with van der Waals surface area (Å²) < 4.78 is 5.25. The van der Waals surface area contributed by atoms with Crippen molar-refractivity contribution in [3.8, 4) is 0 Å². The zero-order valence-electron chi connectivity index (χ0n) is 10.7. The van der Waals surface area contributed by atoms with Crippen LogP contribution in [-0.2, 0) is 0 Å². The summed E-state index contributed by atoms with van der Waals surface area (Å²) in [6.45, 7) is 5.95. The zero-order chi connectivity index (χ0) is 12.9. The highest BCUT2D eigenvalue weighted by Crippen LogP contribution is 2.24. The summed E-state index contributed by atoms with van der Waals surface area (Å²) in [6.07, 6.45) is 4.77. The molecule has 0 spiro atoms. The van der Waals surface area contributed by atoms with Gasteiger partial charge < -0.3 is 10.2 Å². The zero-order valence-corrected chi connectivity index (χ0v) is 11.6. The predicted molar refractivity (Wildman–Crippen MR) is 71.5 cm³/mol. The van der Waals surface area contributed by atoms with Crippen LogP contribution in [-0.4, -0.2) is 16.6 Å². The van der Waals surface area contributed by atoms with Gasteiger partial charge in [0.1, 0.15) is 6.26 Å². The number of thioether (sulfide) groups is 1. The first-order chi connectivity index (χ1) is 7.92. The van der Waals surface area contributed by atoms with E-state index in [1.165, 1.54) is 0 Å². The molecule has 0 fully saturated rings. The minimum atomic E-state index is -0.176. The van der Waals surface area contributed by atoms with Gasteiger partial charge in [0.25, 0.3) is 5.22 Å². The Morgan fingerprint density at radius 2 is 2.24 bits per heavy atom. The highest BCUT2D eigenvalue weighted by molar-refractivity contribution is 7.99. The molecule has 1 rings (SSSR count). The lowest BCUT2D eigenvalue weighted by atomic mass is 9.86. The van der Waals surface area contributed by atoms with Crippen molar-refractivity contribution in [1.82, 2.24) is 4.98 Å². The summed E-state index contributed by atoms with van der Waals surface area (Å²) in [7, 11) is 0. The second-order valence-corrected chi connectivity index (χ2v) is 5.90. The first kappa shape index (κ1) is 14.1. The Morgan fingerprint density at radius 3 is 2.76 bits per heavy atom. The average Bonchev–Trinajstić information content (AvgIpc) is 2.63. The molecular formula is C12H21N3OS. The van der Waals surface area contributed by atoms with Crippen molar-refractivity contribution >= 4 is 17.6 Å². The largest absolute Gasteiger partial charge is 0.440 e. The van der Waals surface area contributed by atoms with Crippen LogP contribution >= 0.6 is 11.8 Å². The summed E-state index contributed by atoms with van der Waals surface area (Å²) in [5.41, 5.74) is 6.28. The monoisotopic (exact) mass is 255 g/mol. The summed E-state index contributed by atoms with van der Waals surface area (Å²) in [6, 6.07) is 0. The van der Waals surface area contributed by atoms with Crippen molar-refractivity contribution in [1.29, 1.82) is 5.41 Å². The van der Waals surface area contributed by atoms with E-state index >= 15 is 0 Å². The summed E-state index contributed by atoms with van der Waals surface area (Å²) in [4.78, 5) is 4.23. The third-order valence-corrected chi connectivity index (χ3v) is 3.68. The van der Waals surface area contributed by atoms with E-state index in [2.05, 4.69) is 4.98 Å². The lowest BCUT2D eigenvalue weighted by Gasteiger charge is -2.22. The Balaban J connectivity index is 2.15. The van der Waals surface area contributed by atoms with E-state index in [9.17, 15) is 0 Å². The number of hydrogen-bond donors (Lipinski definition) is 2. The number of amidine groups is 1. The van der Waals surface area contributed by atoms with Gasteiger partial charge in [0.05, 0.1) is 11.5 Å². The molecule has 0 aliphatic carbocycles. The molecule has 17 heavy (non-hydrogen) atoms. The van der Waals surface area contributed by atoms with E-state index in [1.807, 2.05) is 20.8 Å². The fourth-order valence-electron chi connectivity index (χ4n) is 1.36. The number of nitrogens with zero attached hydrogens (tertiary/aromatic N) is 1. The topological polar surface area (TPSA) is 75.9 Å². The molecule has 5 heteroatoms. The molecule has 0 aromatic carbocycles. The van der Waals surface area contributed by atoms with Gasteiger partial charge in [-0.25, -0.2) is 4.98 Å². The standard InChI is InChI=1S/C12H21N3OS/c1-9-8-16-11(15-9)17-7-5-4-6-12(2,3)10(13)14/h8H,4-7H2,1-3H3,(H3,13,14). The summed E-state index contributed by atoms with van der Waals surface area (Å²) in [5.74, 6) is 1.27. The molecule has 3 N–H and O–H groups in total. The molecule has 0 saturated heterocycles. The first-order valence-corrected chi connectivity index (χ1v) is 6.80. The van der Waals surface area contributed by atoms with Crippen molar-refractivity contribution in [3.05, 3.63) is 12.0 Å². The molecular weight excluding hydrogens is 234 g/mol. The van der Waals surface area contributed by atoms with Crippen LogP contribution in [0.25, 0.3) is 0 Å². The molecule has 0 bridgehead atoms. The van der Waals surface area contributed by atoms with Gasteiger partial charge in [-0.3, -0.25) is 5.41 Å². The van der Waals surface area contributed by atoms with E-state index in [-0.39, 0.29) is 11.3 Å². The van der Waals surface area contributed by atoms with Gasteiger partial charge in [0.2, 0.25) is 0 Å². The molecule has 0 aliphatic rings. The Kier molecular flexibility index (Phi) is 5.05. The van der Waals surface area contributed by atoms with Crippen molar-refractivity contribution < 1.29 is 4.42 Å². The number of oxazole rings is 1. The summed E-state index contributed by atoms with van der Waals surface area (Å²) in [5, 5.41) is 8.21. The minimum absolute atomic E-state index is 0.176. The van der Waals surface area contributed by atoms with E-state index in [0.717, 1.165) is 35.9 Å². The van der Waals surface area contributed by atoms with E-state index < -0.39 is 0 Å². The highest BCUT2D eigenvalue weighted by atomic mass is 32.2. The van der Waals surface area contributed by atoms with Crippen LogP contribution in [0.2, 0.25) is 0 Å². The molecule has 1 aromatic heterocycles. The molecule has 0 amide bonds. The van der Waals surface area contributed by atoms with Gasteiger partial charge in [-0.05, 0) is 19.8 Å². The molecule has 0 aliphatic heterocycles. The van der Waals surface area contributed by atoms with Crippen molar-refractivity contribution in [2.24, 2.45) is 11.1 Å². The Hall–Kier alpha value is -0.970. The molecule has 4 nitrogen and oxygen atoms in total. The number of rotatable bonds is 7. The van der Waals surface area contributed by atoms with E-state index in [1.54, 1.807) is 18.0 Å². The molecule has 0 saturated carbocycles. The molecule has 0 atom stereocenters. The number of nitrogens with two attached hydrogens (primary N) is 1. The van der Waals surface area contributed by atoms with Gasteiger partial charge >= 0.3 is 0 Å². The lowest BCUT2D eigenvalue weighted by Crippen LogP contribution is -2.30. The molecule has 0 radical (unpaired) electrons. The second-order valence-electron chi connectivity index (χ2n) is 4.86. The maximum Gasteiger partial charge on any atom is 0.255 e. The molecule has 1 heterocycles. The van der Waals surface area contributed by atoms with Crippen LogP contribution in [0.3, 0.4) is 0 Å². The maximum absolute atomic E-state index is 7.46. The number of unbranched alkanes of at least 4 members (excludes halogenated alkanes) is 1. The van der Waals surface area contributed by atoms with Gasteiger partial charge in [0, 0.05) is 11.2 Å². The predicted octanol–water partition coefficient (Wildman–Crippen LogP) is 3.21. The Labute approximate surface area is 107 Å². The molecule has 96 valence electrons.